The minimum absolute atomic E-state index is 0.603. The predicted octanol–water partition coefficient (Wildman–Crippen LogP) is 4.94. The van der Waals surface area contributed by atoms with E-state index in [1.807, 2.05) is 54.9 Å². The SMILES string of the molecule is Clc1ccc2oc(-c3ccc(-n4cccc4)cc3)nc2c1. The van der Waals surface area contributed by atoms with Crippen molar-refractivity contribution in [2.45, 2.75) is 0 Å². The van der Waals surface area contributed by atoms with Gasteiger partial charge in [-0.25, -0.2) is 4.98 Å². The van der Waals surface area contributed by atoms with Crippen molar-refractivity contribution in [2.24, 2.45) is 0 Å². The molecule has 0 amide bonds. The first kappa shape index (κ1) is 12.2. The van der Waals surface area contributed by atoms with Crippen molar-refractivity contribution in [1.82, 2.24) is 9.55 Å². The third kappa shape index (κ3) is 2.22. The summed E-state index contributed by atoms with van der Waals surface area (Å²) in [6, 6.07) is 17.5. The van der Waals surface area contributed by atoms with Gasteiger partial charge in [0.25, 0.3) is 0 Å². The monoisotopic (exact) mass is 294 g/mol. The molecule has 3 nitrogen and oxygen atoms in total. The number of hydrogen-bond acceptors (Lipinski definition) is 2. The van der Waals surface area contributed by atoms with Crippen LogP contribution in [0.1, 0.15) is 0 Å². The number of oxazole rings is 1. The van der Waals surface area contributed by atoms with Gasteiger partial charge in [0.1, 0.15) is 5.52 Å². The van der Waals surface area contributed by atoms with Gasteiger partial charge in [0.2, 0.25) is 5.89 Å². The smallest absolute Gasteiger partial charge is 0.227 e. The Balaban J connectivity index is 1.74. The zero-order valence-corrected chi connectivity index (χ0v) is 11.8. The van der Waals surface area contributed by atoms with E-state index < -0.39 is 0 Å². The van der Waals surface area contributed by atoms with Crippen LogP contribution in [-0.2, 0) is 0 Å². The maximum absolute atomic E-state index is 5.97. The van der Waals surface area contributed by atoms with E-state index in [1.54, 1.807) is 12.1 Å². The molecule has 0 aliphatic carbocycles. The van der Waals surface area contributed by atoms with Crippen molar-refractivity contribution in [3.05, 3.63) is 72.0 Å². The third-order valence-corrected chi connectivity index (χ3v) is 3.60. The Kier molecular flexibility index (Phi) is 2.79. The van der Waals surface area contributed by atoms with Crippen molar-refractivity contribution < 1.29 is 4.42 Å². The van der Waals surface area contributed by atoms with Crippen molar-refractivity contribution in [3.8, 4) is 17.1 Å². The van der Waals surface area contributed by atoms with Crippen molar-refractivity contribution in [3.63, 3.8) is 0 Å². The Bertz CT molecular complexity index is 892. The molecule has 0 aliphatic heterocycles. The first-order valence-corrected chi connectivity index (χ1v) is 6.97. The molecule has 4 heteroatoms. The van der Waals surface area contributed by atoms with E-state index in [0.717, 1.165) is 22.4 Å². The maximum Gasteiger partial charge on any atom is 0.227 e. The molecule has 0 saturated carbocycles. The maximum atomic E-state index is 5.97. The van der Waals surface area contributed by atoms with Gasteiger partial charge >= 0.3 is 0 Å². The quantitative estimate of drug-likeness (QED) is 0.524. The minimum Gasteiger partial charge on any atom is -0.436 e. The minimum atomic E-state index is 0.603. The predicted molar refractivity (Wildman–Crippen MR) is 83.8 cm³/mol. The Morgan fingerprint density at radius 2 is 1.71 bits per heavy atom. The Labute approximate surface area is 126 Å². The molecule has 0 atom stereocenters. The molecule has 4 rings (SSSR count). The van der Waals surface area contributed by atoms with E-state index >= 15 is 0 Å². The van der Waals surface area contributed by atoms with Gasteiger partial charge in [-0.15, -0.1) is 0 Å². The lowest BCUT2D eigenvalue weighted by Crippen LogP contribution is -1.88. The van der Waals surface area contributed by atoms with E-state index in [-0.39, 0.29) is 0 Å². The highest BCUT2D eigenvalue weighted by molar-refractivity contribution is 6.31. The highest BCUT2D eigenvalue weighted by atomic mass is 35.5. The number of fused-ring (bicyclic) bond motifs is 1. The second-order valence-corrected chi connectivity index (χ2v) is 5.20. The molecule has 2 heterocycles. The summed E-state index contributed by atoms with van der Waals surface area (Å²) in [4.78, 5) is 4.48. The van der Waals surface area contributed by atoms with E-state index in [1.165, 1.54) is 0 Å². The Morgan fingerprint density at radius 3 is 2.48 bits per heavy atom. The fraction of sp³-hybridized carbons (Fsp3) is 0. The van der Waals surface area contributed by atoms with Gasteiger partial charge in [0, 0.05) is 28.7 Å². The van der Waals surface area contributed by atoms with Crippen LogP contribution in [0.3, 0.4) is 0 Å². The van der Waals surface area contributed by atoms with Crippen LogP contribution in [0.2, 0.25) is 5.02 Å². The van der Waals surface area contributed by atoms with Crippen LogP contribution in [0.4, 0.5) is 0 Å². The van der Waals surface area contributed by atoms with Gasteiger partial charge in [-0.3, -0.25) is 0 Å². The number of nitrogens with zero attached hydrogens (tertiary/aromatic N) is 2. The van der Waals surface area contributed by atoms with E-state index in [2.05, 4.69) is 9.55 Å². The number of benzene rings is 2. The molecule has 4 aromatic rings. The van der Waals surface area contributed by atoms with Crippen LogP contribution in [0.15, 0.2) is 71.4 Å². The summed E-state index contributed by atoms with van der Waals surface area (Å²) in [5, 5.41) is 0.658. The molecule has 0 unspecified atom stereocenters. The zero-order chi connectivity index (χ0) is 14.2. The summed E-state index contributed by atoms with van der Waals surface area (Å²) in [5.41, 5.74) is 3.55. The van der Waals surface area contributed by atoms with Gasteiger partial charge in [-0.05, 0) is 54.6 Å². The first-order chi connectivity index (χ1) is 10.3. The lowest BCUT2D eigenvalue weighted by molar-refractivity contribution is 0.620. The molecular weight excluding hydrogens is 284 g/mol. The first-order valence-electron chi connectivity index (χ1n) is 6.59. The molecule has 0 aliphatic rings. The fourth-order valence-electron chi connectivity index (χ4n) is 2.31. The molecule has 0 radical (unpaired) electrons. The standard InChI is InChI=1S/C17H11ClN2O/c18-13-5-8-16-15(11-13)19-17(21-16)12-3-6-14(7-4-12)20-9-1-2-10-20/h1-11H. The molecule has 0 fully saturated rings. The second kappa shape index (κ2) is 4.79. The molecule has 102 valence electrons. The average molecular weight is 295 g/mol. The molecule has 2 aromatic carbocycles. The summed E-state index contributed by atoms with van der Waals surface area (Å²) in [6.07, 6.45) is 4.02. The third-order valence-electron chi connectivity index (χ3n) is 3.37. The topological polar surface area (TPSA) is 31.0 Å². The molecule has 0 bridgehead atoms. The zero-order valence-electron chi connectivity index (χ0n) is 11.0. The van der Waals surface area contributed by atoms with Crippen molar-refractivity contribution in [2.75, 3.05) is 0 Å². The molecule has 0 saturated heterocycles. The van der Waals surface area contributed by atoms with Crippen LogP contribution < -0.4 is 0 Å². The van der Waals surface area contributed by atoms with Crippen LogP contribution >= 0.6 is 11.6 Å². The molecule has 21 heavy (non-hydrogen) atoms. The average Bonchev–Trinajstić information content (AvgIpc) is 3.16. The molecular formula is C17H11ClN2O. The summed E-state index contributed by atoms with van der Waals surface area (Å²) < 4.78 is 7.81. The second-order valence-electron chi connectivity index (χ2n) is 4.77. The van der Waals surface area contributed by atoms with Crippen LogP contribution in [0, 0.1) is 0 Å². The summed E-state index contributed by atoms with van der Waals surface area (Å²) in [5.74, 6) is 0.603. The normalized spacial score (nSPS) is 11.1. The Hall–Kier alpha value is -2.52. The van der Waals surface area contributed by atoms with Gasteiger partial charge < -0.3 is 8.98 Å². The largest absolute Gasteiger partial charge is 0.436 e. The van der Waals surface area contributed by atoms with Crippen molar-refractivity contribution in [1.29, 1.82) is 0 Å². The number of halogens is 1. The van der Waals surface area contributed by atoms with Gasteiger partial charge in [-0.1, -0.05) is 11.6 Å². The number of hydrogen-bond donors (Lipinski definition) is 0. The van der Waals surface area contributed by atoms with Crippen molar-refractivity contribution >= 4 is 22.7 Å². The fourth-order valence-corrected chi connectivity index (χ4v) is 2.47. The number of rotatable bonds is 2. The van der Waals surface area contributed by atoms with Gasteiger partial charge in [0.15, 0.2) is 5.58 Å². The lowest BCUT2D eigenvalue weighted by atomic mass is 10.2. The summed E-state index contributed by atoms with van der Waals surface area (Å²) in [7, 11) is 0. The van der Waals surface area contributed by atoms with E-state index in [4.69, 9.17) is 16.0 Å². The molecule has 0 N–H and O–H groups in total. The molecule has 2 aromatic heterocycles. The van der Waals surface area contributed by atoms with Gasteiger partial charge in [0.05, 0.1) is 0 Å². The summed E-state index contributed by atoms with van der Waals surface area (Å²) >= 11 is 5.97. The Morgan fingerprint density at radius 1 is 0.952 bits per heavy atom. The highest BCUT2D eigenvalue weighted by Crippen LogP contribution is 2.26. The van der Waals surface area contributed by atoms with E-state index in [9.17, 15) is 0 Å². The van der Waals surface area contributed by atoms with E-state index in [0.29, 0.717) is 10.9 Å². The van der Waals surface area contributed by atoms with Crippen LogP contribution in [0.5, 0.6) is 0 Å². The van der Waals surface area contributed by atoms with Crippen LogP contribution in [-0.4, -0.2) is 9.55 Å². The van der Waals surface area contributed by atoms with Crippen LogP contribution in [0.25, 0.3) is 28.2 Å². The van der Waals surface area contributed by atoms with Gasteiger partial charge in [-0.2, -0.15) is 0 Å². The highest BCUT2D eigenvalue weighted by Gasteiger charge is 2.08. The molecule has 0 spiro atoms. The summed E-state index contributed by atoms with van der Waals surface area (Å²) in [6.45, 7) is 0. The number of aromatic nitrogens is 2. The lowest BCUT2D eigenvalue weighted by Gasteiger charge is -2.03.